The van der Waals surface area contributed by atoms with Crippen LogP contribution in [0.2, 0.25) is 5.02 Å². The summed E-state index contributed by atoms with van der Waals surface area (Å²) >= 11 is 6.00. The molecule has 0 radical (unpaired) electrons. The number of halogens is 2. The normalized spacial score (nSPS) is 16.3. The Morgan fingerprint density at radius 1 is 1.07 bits per heavy atom. The summed E-state index contributed by atoms with van der Waals surface area (Å²) in [5, 5.41) is 3.50. The molecule has 0 saturated carbocycles. The molecule has 2 atom stereocenters. The third-order valence-electron chi connectivity index (χ3n) is 5.40. The SMILES string of the molecule is CC(c1ccc(Cl)cc1)N1C(=O)c2ccccc2C1C(=O)NCc1ccc(F)cc1. The highest BCUT2D eigenvalue weighted by molar-refractivity contribution is 6.30. The van der Waals surface area contributed by atoms with Crippen LogP contribution in [0.4, 0.5) is 4.39 Å². The maximum atomic E-state index is 13.2. The zero-order valence-corrected chi connectivity index (χ0v) is 17.1. The standard InChI is InChI=1S/C24H20ClFN2O2/c1-15(17-8-10-18(25)11-9-17)28-22(20-4-2-3-5-21(20)24(28)30)23(29)27-14-16-6-12-19(26)13-7-16/h2-13,15,22H,14H2,1H3,(H,27,29). The fraction of sp³-hybridized carbons (Fsp3) is 0.167. The van der Waals surface area contributed by atoms with Gasteiger partial charge in [-0.2, -0.15) is 0 Å². The van der Waals surface area contributed by atoms with Gasteiger partial charge in [-0.05, 0) is 53.9 Å². The summed E-state index contributed by atoms with van der Waals surface area (Å²) in [6, 6.07) is 19.3. The Morgan fingerprint density at radius 3 is 2.43 bits per heavy atom. The molecular weight excluding hydrogens is 403 g/mol. The highest BCUT2D eigenvalue weighted by Crippen LogP contribution is 2.40. The van der Waals surface area contributed by atoms with E-state index in [1.807, 2.05) is 31.2 Å². The van der Waals surface area contributed by atoms with Gasteiger partial charge in [0.05, 0.1) is 6.04 Å². The van der Waals surface area contributed by atoms with Crippen molar-refractivity contribution in [2.75, 3.05) is 0 Å². The molecule has 0 aliphatic carbocycles. The molecule has 3 aromatic carbocycles. The van der Waals surface area contributed by atoms with Crippen LogP contribution in [0.3, 0.4) is 0 Å². The van der Waals surface area contributed by atoms with Gasteiger partial charge in [0.2, 0.25) is 5.91 Å². The summed E-state index contributed by atoms with van der Waals surface area (Å²) in [4.78, 5) is 28.0. The first-order chi connectivity index (χ1) is 14.5. The van der Waals surface area contributed by atoms with E-state index in [2.05, 4.69) is 5.32 Å². The molecule has 1 N–H and O–H groups in total. The Hall–Kier alpha value is -3.18. The van der Waals surface area contributed by atoms with Crippen LogP contribution in [-0.4, -0.2) is 16.7 Å². The van der Waals surface area contributed by atoms with E-state index in [-0.39, 0.29) is 30.2 Å². The summed E-state index contributed by atoms with van der Waals surface area (Å²) in [5.41, 5.74) is 2.87. The van der Waals surface area contributed by atoms with Crippen molar-refractivity contribution in [2.24, 2.45) is 0 Å². The van der Waals surface area contributed by atoms with Crippen LogP contribution in [-0.2, 0) is 11.3 Å². The summed E-state index contributed by atoms with van der Waals surface area (Å²) in [6.45, 7) is 2.14. The topological polar surface area (TPSA) is 49.4 Å². The molecule has 4 rings (SSSR count). The van der Waals surface area contributed by atoms with Crippen molar-refractivity contribution in [1.82, 2.24) is 10.2 Å². The van der Waals surface area contributed by atoms with Crippen LogP contribution in [0.1, 0.15) is 46.1 Å². The lowest BCUT2D eigenvalue weighted by Crippen LogP contribution is -2.40. The molecule has 1 aliphatic rings. The largest absolute Gasteiger partial charge is 0.350 e. The minimum Gasteiger partial charge on any atom is -0.350 e. The lowest BCUT2D eigenvalue weighted by atomic mass is 10.0. The molecule has 0 spiro atoms. The molecule has 1 aliphatic heterocycles. The van der Waals surface area contributed by atoms with Gasteiger partial charge in [0, 0.05) is 17.1 Å². The van der Waals surface area contributed by atoms with Gasteiger partial charge >= 0.3 is 0 Å². The quantitative estimate of drug-likeness (QED) is 0.625. The number of benzene rings is 3. The number of fused-ring (bicyclic) bond motifs is 1. The van der Waals surface area contributed by atoms with E-state index < -0.39 is 6.04 Å². The zero-order valence-electron chi connectivity index (χ0n) is 16.3. The number of carbonyl (C=O) groups is 2. The first kappa shape index (κ1) is 20.1. The number of nitrogens with zero attached hydrogens (tertiary/aromatic N) is 1. The van der Waals surface area contributed by atoms with Gasteiger partial charge in [0.15, 0.2) is 0 Å². The summed E-state index contributed by atoms with van der Waals surface area (Å²) in [5.74, 6) is -0.795. The first-order valence-electron chi connectivity index (χ1n) is 9.65. The van der Waals surface area contributed by atoms with E-state index in [0.29, 0.717) is 16.1 Å². The van der Waals surface area contributed by atoms with Crippen LogP contribution in [0.15, 0.2) is 72.8 Å². The van der Waals surface area contributed by atoms with Gasteiger partial charge in [-0.25, -0.2) is 4.39 Å². The molecule has 0 aromatic heterocycles. The number of nitrogens with one attached hydrogen (secondary N) is 1. The molecule has 152 valence electrons. The van der Waals surface area contributed by atoms with E-state index in [4.69, 9.17) is 11.6 Å². The molecule has 4 nitrogen and oxygen atoms in total. The van der Waals surface area contributed by atoms with Crippen LogP contribution in [0, 0.1) is 5.82 Å². The molecule has 0 bridgehead atoms. The summed E-state index contributed by atoms with van der Waals surface area (Å²) in [6.07, 6.45) is 0. The van der Waals surface area contributed by atoms with E-state index in [9.17, 15) is 14.0 Å². The monoisotopic (exact) mass is 422 g/mol. The third kappa shape index (κ3) is 3.81. The van der Waals surface area contributed by atoms with Gasteiger partial charge in [0.1, 0.15) is 11.9 Å². The van der Waals surface area contributed by atoms with Crippen molar-refractivity contribution in [3.63, 3.8) is 0 Å². The number of hydrogen-bond acceptors (Lipinski definition) is 2. The smallest absolute Gasteiger partial charge is 0.255 e. The lowest BCUT2D eigenvalue weighted by Gasteiger charge is -2.31. The number of carbonyl (C=O) groups excluding carboxylic acids is 2. The molecule has 0 fully saturated rings. The minimum absolute atomic E-state index is 0.185. The first-order valence-corrected chi connectivity index (χ1v) is 10.0. The molecule has 6 heteroatoms. The minimum atomic E-state index is -0.750. The van der Waals surface area contributed by atoms with Crippen molar-refractivity contribution in [3.8, 4) is 0 Å². The van der Waals surface area contributed by atoms with Gasteiger partial charge in [-0.1, -0.05) is 54.1 Å². The Morgan fingerprint density at radius 2 is 1.73 bits per heavy atom. The van der Waals surface area contributed by atoms with Gasteiger partial charge in [-0.3, -0.25) is 9.59 Å². The summed E-state index contributed by atoms with van der Waals surface area (Å²) < 4.78 is 13.1. The van der Waals surface area contributed by atoms with E-state index in [1.54, 1.807) is 41.3 Å². The van der Waals surface area contributed by atoms with Crippen molar-refractivity contribution in [1.29, 1.82) is 0 Å². The Labute approximate surface area is 179 Å². The number of rotatable bonds is 5. The van der Waals surface area contributed by atoms with Crippen LogP contribution in [0.5, 0.6) is 0 Å². The maximum Gasteiger partial charge on any atom is 0.255 e. The Kier molecular flexibility index (Phi) is 5.55. The molecular formula is C24H20ClFN2O2. The van der Waals surface area contributed by atoms with Crippen molar-refractivity contribution in [2.45, 2.75) is 25.6 Å². The van der Waals surface area contributed by atoms with Crippen LogP contribution >= 0.6 is 11.6 Å². The Balaban J connectivity index is 1.62. The Bertz CT molecular complexity index is 1080. The van der Waals surface area contributed by atoms with Crippen molar-refractivity contribution >= 4 is 23.4 Å². The van der Waals surface area contributed by atoms with E-state index in [0.717, 1.165) is 11.1 Å². The van der Waals surface area contributed by atoms with Crippen LogP contribution < -0.4 is 5.32 Å². The fourth-order valence-electron chi connectivity index (χ4n) is 3.79. The fourth-order valence-corrected chi connectivity index (χ4v) is 3.92. The summed E-state index contributed by atoms with van der Waals surface area (Å²) in [7, 11) is 0. The van der Waals surface area contributed by atoms with Gasteiger partial charge in [-0.15, -0.1) is 0 Å². The van der Waals surface area contributed by atoms with E-state index >= 15 is 0 Å². The highest BCUT2D eigenvalue weighted by atomic mass is 35.5. The predicted molar refractivity (Wildman–Crippen MR) is 113 cm³/mol. The maximum absolute atomic E-state index is 13.2. The van der Waals surface area contributed by atoms with Gasteiger partial charge < -0.3 is 10.2 Å². The van der Waals surface area contributed by atoms with Gasteiger partial charge in [0.25, 0.3) is 5.91 Å². The molecule has 0 saturated heterocycles. The average molecular weight is 423 g/mol. The predicted octanol–water partition coefficient (Wildman–Crippen LogP) is 5.05. The number of amides is 2. The highest BCUT2D eigenvalue weighted by Gasteiger charge is 2.43. The zero-order chi connectivity index (χ0) is 21.3. The van der Waals surface area contributed by atoms with Crippen molar-refractivity contribution in [3.05, 3.63) is 106 Å². The van der Waals surface area contributed by atoms with Crippen molar-refractivity contribution < 1.29 is 14.0 Å². The third-order valence-corrected chi connectivity index (χ3v) is 5.65. The van der Waals surface area contributed by atoms with E-state index in [1.165, 1.54) is 12.1 Å². The molecule has 2 unspecified atom stereocenters. The van der Waals surface area contributed by atoms with Crippen LogP contribution in [0.25, 0.3) is 0 Å². The molecule has 30 heavy (non-hydrogen) atoms. The lowest BCUT2D eigenvalue weighted by molar-refractivity contribution is -0.126. The molecule has 3 aromatic rings. The number of hydrogen-bond donors (Lipinski definition) is 1. The second kappa shape index (κ2) is 8.28. The molecule has 2 amide bonds. The molecule has 1 heterocycles. The second-order valence-electron chi connectivity index (χ2n) is 7.27. The average Bonchev–Trinajstić information content (AvgIpc) is 3.06. The second-order valence-corrected chi connectivity index (χ2v) is 7.71.